The van der Waals surface area contributed by atoms with Crippen molar-refractivity contribution in [2.24, 2.45) is 11.6 Å². The molecule has 0 spiro atoms. The first-order valence-electron chi connectivity index (χ1n) is 4.96. The van der Waals surface area contributed by atoms with Crippen molar-refractivity contribution in [2.45, 2.75) is 13.3 Å². The summed E-state index contributed by atoms with van der Waals surface area (Å²) in [5.41, 5.74) is 6.63. The molecule has 0 atom stereocenters. The molecule has 6 heteroatoms. The van der Waals surface area contributed by atoms with E-state index in [0.29, 0.717) is 17.1 Å². The van der Waals surface area contributed by atoms with Gasteiger partial charge in [-0.1, -0.05) is 12.1 Å². The first kappa shape index (κ1) is 13.4. The largest absolute Gasteiger partial charge is 0.401 e. The maximum atomic E-state index is 12.3. The molecule has 1 aromatic rings. The number of hydrazine groups is 1. The van der Waals surface area contributed by atoms with Gasteiger partial charge in [0.05, 0.1) is 18.0 Å². The Morgan fingerprint density at radius 3 is 2.24 bits per heavy atom. The summed E-state index contributed by atoms with van der Waals surface area (Å²) in [5, 5.41) is 10.3. The molecule has 0 aliphatic rings. The Labute approximate surface area is 98.1 Å². The van der Waals surface area contributed by atoms with Crippen LogP contribution in [0.2, 0.25) is 0 Å². The molecule has 0 aliphatic heterocycles. The van der Waals surface area contributed by atoms with Crippen LogP contribution in [0, 0.1) is 0 Å². The summed E-state index contributed by atoms with van der Waals surface area (Å²) in [6.07, 6.45) is -2.51. The highest BCUT2D eigenvalue weighted by atomic mass is 19.3. The number of halogens is 2. The quantitative estimate of drug-likeness (QED) is 0.553. The van der Waals surface area contributed by atoms with Gasteiger partial charge in [-0.2, -0.15) is 0 Å². The second-order valence-electron chi connectivity index (χ2n) is 3.55. The smallest absolute Gasteiger partial charge is 0.263 e. The van der Waals surface area contributed by atoms with Crippen LogP contribution in [-0.2, 0) is 0 Å². The van der Waals surface area contributed by atoms with Gasteiger partial charge in [0, 0.05) is 11.3 Å². The van der Waals surface area contributed by atoms with E-state index in [4.69, 9.17) is 16.7 Å². The van der Waals surface area contributed by atoms with E-state index in [1.54, 1.807) is 6.92 Å². The minimum Gasteiger partial charge on any atom is -0.401 e. The van der Waals surface area contributed by atoms with Gasteiger partial charge < -0.3 is 10.8 Å². The SMILES string of the molecule is C/C(N)=C(\CO)N(N)c1ccc(C(F)F)cc1. The van der Waals surface area contributed by atoms with E-state index in [-0.39, 0.29) is 12.2 Å². The first-order chi connectivity index (χ1) is 7.97. The van der Waals surface area contributed by atoms with Crippen LogP contribution in [0.5, 0.6) is 0 Å². The van der Waals surface area contributed by atoms with Gasteiger partial charge in [-0.3, -0.25) is 5.01 Å². The molecule has 0 bridgehead atoms. The van der Waals surface area contributed by atoms with E-state index in [1.165, 1.54) is 29.3 Å². The van der Waals surface area contributed by atoms with Crippen LogP contribution < -0.4 is 16.6 Å². The standard InChI is InChI=1S/C11H15F2N3O/c1-7(14)10(6-17)16(15)9-4-2-8(3-5-9)11(12)13/h2-5,11,17H,6,14-15H2,1H3/b10-7-. The van der Waals surface area contributed by atoms with E-state index >= 15 is 0 Å². The number of hydrogen-bond donors (Lipinski definition) is 3. The summed E-state index contributed by atoms with van der Waals surface area (Å²) in [4.78, 5) is 0. The molecule has 0 amide bonds. The number of rotatable bonds is 4. The lowest BCUT2D eigenvalue weighted by Gasteiger charge is -2.22. The zero-order chi connectivity index (χ0) is 13.0. The zero-order valence-electron chi connectivity index (χ0n) is 9.40. The van der Waals surface area contributed by atoms with Crippen LogP contribution in [0.3, 0.4) is 0 Å². The highest BCUT2D eigenvalue weighted by Crippen LogP contribution is 2.23. The molecule has 1 rings (SSSR count). The first-order valence-corrected chi connectivity index (χ1v) is 4.96. The number of allylic oxidation sites excluding steroid dienone is 1. The molecule has 5 N–H and O–H groups in total. The molecule has 0 unspecified atom stereocenters. The summed E-state index contributed by atoms with van der Waals surface area (Å²) >= 11 is 0. The van der Waals surface area contributed by atoms with E-state index in [1.807, 2.05) is 0 Å². The van der Waals surface area contributed by atoms with Gasteiger partial charge >= 0.3 is 0 Å². The van der Waals surface area contributed by atoms with Gasteiger partial charge in [-0.25, -0.2) is 14.6 Å². The van der Waals surface area contributed by atoms with Crippen molar-refractivity contribution in [3.8, 4) is 0 Å². The van der Waals surface area contributed by atoms with Crippen molar-refractivity contribution in [2.75, 3.05) is 11.6 Å². The Hall–Kier alpha value is -1.66. The van der Waals surface area contributed by atoms with Crippen LogP contribution in [-0.4, -0.2) is 11.7 Å². The normalized spacial score (nSPS) is 12.6. The second kappa shape index (κ2) is 5.60. The Morgan fingerprint density at radius 2 is 1.88 bits per heavy atom. The molecule has 0 fully saturated rings. The summed E-state index contributed by atoms with van der Waals surface area (Å²) in [7, 11) is 0. The number of alkyl halides is 2. The molecule has 94 valence electrons. The third-order valence-corrected chi connectivity index (χ3v) is 2.32. The summed E-state index contributed by atoms with van der Waals surface area (Å²) in [5.74, 6) is 5.72. The number of aliphatic hydroxyl groups is 1. The van der Waals surface area contributed by atoms with E-state index in [9.17, 15) is 8.78 Å². The van der Waals surface area contributed by atoms with Crippen molar-refractivity contribution in [1.29, 1.82) is 0 Å². The van der Waals surface area contributed by atoms with Crippen LogP contribution >= 0.6 is 0 Å². The Balaban J connectivity index is 2.97. The predicted octanol–water partition coefficient (Wildman–Crippen LogP) is 1.49. The van der Waals surface area contributed by atoms with Gasteiger partial charge in [0.25, 0.3) is 6.43 Å². The highest BCUT2D eigenvalue weighted by Gasteiger charge is 2.11. The van der Waals surface area contributed by atoms with Crippen LogP contribution in [0.4, 0.5) is 14.5 Å². The second-order valence-corrected chi connectivity index (χ2v) is 3.55. The topological polar surface area (TPSA) is 75.5 Å². The zero-order valence-corrected chi connectivity index (χ0v) is 9.40. The molecule has 4 nitrogen and oxygen atoms in total. The van der Waals surface area contributed by atoms with Gasteiger partial charge in [-0.05, 0) is 19.1 Å². The lowest BCUT2D eigenvalue weighted by molar-refractivity contribution is 0.151. The molecular weight excluding hydrogens is 228 g/mol. The van der Waals surface area contributed by atoms with Gasteiger partial charge in [0.15, 0.2) is 0 Å². The monoisotopic (exact) mass is 243 g/mol. The van der Waals surface area contributed by atoms with Crippen LogP contribution in [0.1, 0.15) is 18.9 Å². The summed E-state index contributed by atoms with van der Waals surface area (Å²) in [6, 6.07) is 5.45. The van der Waals surface area contributed by atoms with E-state index in [2.05, 4.69) is 0 Å². The van der Waals surface area contributed by atoms with E-state index in [0.717, 1.165) is 0 Å². The average molecular weight is 243 g/mol. The summed E-state index contributed by atoms with van der Waals surface area (Å²) in [6.45, 7) is 1.27. The average Bonchev–Trinajstić information content (AvgIpc) is 2.29. The number of nitrogens with two attached hydrogens (primary N) is 2. The maximum absolute atomic E-state index is 12.3. The molecule has 0 heterocycles. The maximum Gasteiger partial charge on any atom is 0.263 e. The van der Waals surface area contributed by atoms with Crippen molar-refractivity contribution < 1.29 is 13.9 Å². The molecule has 0 aromatic heterocycles. The lowest BCUT2D eigenvalue weighted by Crippen LogP contribution is -2.33. The Kier molecular flexibility index (Phi) is 4.42. The predicted molar refractivity (Wildman–Crippen MR) is 62.0 cm³/mol. The van der Waals surface area contributed by atoms with Crippen molar-refractivity contribution >= 4 is 5.69 Å². The van der Waals surface area contributed by atoms with Gasteiger partial charge in [0.2, 0.25) is 0 Å². The molecule has 0 radical (unpaired) electrons. The summed E-state index contributed by atoms with van der Waals surface area (Å²) < 4.78 is 24.7. The molecule has 17 heavy (non-hydrogen) atoms. The third kappa shape index (κ3) is 3.15. The molecule has 1 aromatic carbocycles. The fourth-order valence-corrected chi connectivity index (χ4v) is 1.33. The minimum atomic E-state index is -2.51. The minimum absolute atomic E-state index is 0.0823. The molecule has 0 saturated carbocycles. The van der Waals surface area contributed by atoms with Crippen molar-refractivity contribution in [3.63, 3.8) is 0 Å². The number of benzene rings is 1. The number of anilines is 1. The lowest BCUT2D eigenvalue weighted by atomic mass is 10.2. The van der Waals surface area contributed by atoms with E-state index < -0.39 is 6.43 Å². The Morgan fingerprint density at radius 1 is 1.35 bits per heavy atom. The molecule has 0 saturated heterocycles. The highest BCUT2D eigenvalue weighted by molar-refractivity contribution is 5.52. The van der Waals surface area contributed by atoms with Crippen molar-refractivity contribution in [1.82, 2.24) is 0 Å². The van der Waals surface area contributed by atoms with Gasteiger partial charge in [0.1, 0.15) is 0 Å². The van der Waals surface area contributed by atoms with Crippen LogP contribution in [0.25, 0.3) is 0 Å². The fraction of sp³-hybridized carbons (Fsp3) is 0.273. The number of hydrogen-bond acceptors (Lipinski definition) is 4. The fourth-order valence-electron chi connectivity index (χ4n) is 1.33. The van der Waals surface area contributed by atoms with Gasteiger partial charge in [-0.15, -0.1) is 0 Å². The van der Waals surface area contributed by atoms with Crippen molar-refractivity contribution in [3.05, 3.63) is 41.2 Å². The number of aliphatic hydroxyl groups excluding tert-OH is 1. The molecular formula is C11H15F2N3O. The molecule has 0 aliphatic carbocycles. The van der Waals surface area contributed by atoms with Crippen LogP contribution in [0.15, 0.2) is 35.7 Å². The Bertz CT molecular complexity index is 400. The number of nitrogens with zero attached hydrogens (tertiary/aromatic N) is 1. The third-order valence-electron chi connectivity index (χ3n) is 2.32.